The number of hydrogen-bond acceptors (Lipinski definition) is 6. The highest BCUT2D eigenvalue weighted by Crippen LogP contribution is 2.42. The number of cyclic esters (lactones) is 1. The summed E-state index contributed by atoms with van der Waals surface area (Å²) < 4.78 is 10.6. The van der Waals surface area contributed by atoms with Crippen LogP contribution in [0.2, 0.25) is 0 Å². The second kappa shape index (κ2) is 5.31. The molecule has 3 heterocycles. The van der Waals surface area contributed by atoms with Crippen molar-refractivity contribution in [3.63, 3.8) is 0 Å². The minimum absolute atomic E-state index is 0.0212. The van der Waals surface area contributed by atoms with Crippen LogP contribution in [-0.4, -0.2) is 30.8 Å². The zero-order valence-electron chi connectivity index (χ0n) is 12.5. The molecule has 0 amide bonds. The summed E-state index contributed by atoms with van der Waals surface area (Å²) in [7, 11) is 1.31. The Kier molecular flexibility index (Phi) is 3.44. The van der Waals surface area contributed by atoms with E-state index in [2.05, 4.69) is 5.32 Å². The van der Waals surface area contributed by atoms with Crippen molar-refractivity contribution in [2.24, 2.45) is 0 Å². The van der Waals surface area contributed by atoms with Gasteiger partial charge in [-0.1, -0.05) is 0 Å². The molecule has 1 atom stereocenters. The van der Waals surface area contributed by atoms with Crippen molar-refractivity contribution in [3.05, 3.63) is 51.6 Å². The molecule has 23 heavy (non-hydrogen) atoms. The molecule has 8 nitrogen and oxygen atoms in total. The molecule has 0 aliphatic carbocycles. The molecule has 8 heteroatoms. The smallest absolute Gasteiger partial charge is 0.383 e. The summed E-state index contributed by atoms with van der Waals surface area (Å²) in [6.45, 7) is 1.64. The van der Waals surface area contributed by atoms with E-state index in [0.29, 0.717) is 21.7 Å². The Balaban J connectivity index is 2.27. The predicted molar refractivity (Wildman–Crippen MR) is 76.2 cm³/mol. The number of hydrogen-bond donors (Lipinski definition) is 2. The maximum absolute atomic E-state index is 12.1. The number of methoxy groups -OCH3 is 1. The van der Waals surface area contributed by atoms with Crippen LogP contribution in [0.4, 0.5) is 0 Å². The van der Waals surface area contributed by atoms with Crippen molar-refractivity contribution in [2.75, 3.05) is 13.7 Å². The summed E-state index contributed by atoms with van der Waals surface area (Å²) in [5.41, 5.74) is 1.37. The van der Waals surface area contributed by atoms with Crippen LogP contribution in [0.3, 0.4) is 0 Å². The Labute approximate surface area is 131 Å². The van der Waals surface area contributed by atoms with Crippen molar-refractivity contribution >= 4 is 11.9 Å². The lowest BCUT2D eigenvalue weighted by Gasteiger charge is -2.26. The summed E-state index contributed by atoms with van der Waals surface area (Å²) in [5.74, 6) is -2.78. The normalized spacial score (nSPS) is 20.1. The van der Waals surface area contributed by atoms with Crippen molar-refractivity contribution < 1.29 is 28.9 Å². The first-order valence-corrected chi connectivity index (χ1v) is 6.83. The van der Waals surface area contributed by atoms with Crippen LogP contribution in [0.25, 0.3) is 0 Å². The van der Waals surface area contributed by atoms with E-state index >= 15 is 0 Å². The number of carbonyl (C=O) groups is 2. The number of nitrogens with one attached hydrogen (secondary N) is 1. The fraction of sp³-hybridized carbons (Fsp3) is 0.267. The van der Waals surface area contributed by atoms with Gasteiger partial charge in [-0.2, -0.15) is 0 Å². The Morgan fingerprint density at radius 3 is 2.96 bits per heavy atom. The van der Waals surface area contributed by atoms with Crippen LogP contribution in [0.15, 0.2) is 40.9 Å². The lowest BCUT2D eigenvalue weighted by molar-refractivity contribution is -0.612. The largest absolute Gasteiger partial charge is 0.616 e. The molecule has 2 N–H and O–H groups in total. The summed E-state index contributed by atoms with van der Waals surface area (Å²) in [4.78, 5) is 23.8. The number of pyridine rings is 1. The summed E-state index contributed by atoms with van der Waals surface area (Å²) >= 11 is 0. The number of esters is 1. The minimum atomic E-state index is -1.19. The number of aromatic nitrogens is 1. The maximum atomic E-state index is 12.1. The van der Waals surface area contributed by atoms with Gasteiger partial charge in [-0.15, -0.1) is 4.73 Å². The van der Waals surface area contributed by atoms with Crippen LogP contribution in [0.1, 0.15) is 18.4 Å². The van der Waals surface area contributed by atoms with Gasteiger partial charge in [0.15, 0.2) is 6.20 Å². The topological polar surface area (TPSA) is 112 Å². The molecule has 0 aromatic carbocycles. The summed E-state index contributed by atoms with van der Waals surface area (Å²) in [6, 6.07) is 3.04. The highest BCUT2D eigenvalue weighted by molar-refractivity contribution is 6.00. The van der Waals surface area contributed by atoms with Gasteiger partial charge in [-0.25, -0.2) is 9.59 Å². The zero-order valence-corrected chi connectivity index (χ0v) is 12.5. The highest BCUT2D eigenvalue weighted by Gasteiger charge is 2.43. The van der Waals surface area contributed by atoms with E-state index in [0.717, 1.165) is 0 Å². The number of carboxylic acid groups (broad SMARTS) is 1. The van der Waals surface area contributed by atoms with E-state index in [4.69, 9.17) is 9.47 Å². The van der Waals surface area contributed by atoms with Crippen molar-refractivity contribution in [1.29, 1.82) is 0 Å². The molecule has 2 aliphatic heterocycles. The minimum Gasteiger partial charge on any atom is -0.616 e. The Bertz CT molecular complexity index is 778. The number of carboxylic acids is 1. The van der Waals surface area contributed by atoms with Gasteiger partial charge in [0.25, 0.3) is 0 Å². The van der Waals surface area contributed by atoms with Gasteiger partial charge in [0.2, 0.25) is 0 Å². The number of carbonyl (C=O) groups excluding carboxylic acids is 1. The van der Waals surface area contributed by atoms with Crippen LogP contribution in [0, 0.1) is 5.21 Å². The lowest BCUT2D eigenvalue weighted by atomic mass is 9.81. The van der Waals surface area contributed by atoms with Gasteiger partial charge in [-0.3, -0.25) is 0 Å². The molecule has 0 fully saturated rings. The standard InChI is InChI=1S/C15H14N2O6/c1-7-10(14(18)19)11(12-9(16-7)6-23-15(12)20)8-4-3-5-17(21)13(8)22-2/h3-5,11,16H,6H2,1-2H3,(H,18,19). The number of dihydropyridines is 1. The second-order valence-corrected chi connectivity index (χ2v) is 5.17. The Morgan fingerprint density at radius 1 is 1.57 bits per heavy atom. The SMILES string of the molecule is COc1c(C2C(C(=O)O)=C(C)NC3=C2C(=O)OC3)ccc[n+]1[O-]. The highest BCUT2D eigenvalue weighted by atomic mass is 16.5. The molecule has 1 unspecified atom stereocenters. The van der Waals surface area contributed by atoms with Gasteiger partial charge in [0.1, 0.15) is 6.61 Å². The fourth-order valence-corrected chi connectivity index (χ4v) is 2.98. The van der Waals surface area contributed by atoms with E-state index in [1.807, 2.05) is 0 Å². The Morgan fingerprint density at radius 2 is 2.30 bits per heavy atom. The molecular formula is C15H14N2O6. The van der Waals surface area contributed by atoms with Gasteiger partial charge in [0.05, 0.1) is 35.4 Å². The van der Waals surface area contributed by atoms with Gasteiger partial charge in [-0.05, 0) is 13.0 Å². The molecule has 0 radical (unpaired) electrons. The molecule has 1 aromatic rings. The van der Waals surface area contributed by atoms with Crippen LogP contribution >= 0.6 is 0 Å². The average Bonchev–Trinajstić information content (AvgIpc) is 2.86. The first-order valence-electron chi connectivity index (χ1n) is 6.83. The summed E-state index contributed by atoms with van der Waals surface area (Å²) in [6.07, 6.45) is 1.24. The van der Waals surface area contributed by atoms with E-state index < -0.39 is 17.9 Å². The van der Waals surface area contributed by atoms with Crippen LogP contribution < -0.4 is 14.8 Å². The zero-order chi connectivity index (χ0) is 16.7. The van der Waals surface area contributed by atoms with E-state index in [1.54, 1.807) is 13.0 Å². The number of nitrogens with zero attached hydrogens (tertiary/aromatic N) is 1. The third-order valence-corrected chi connectivity index (χ3v) is 3.89. The van der Waals surface area contributed by atoms with E-state index in [9.17, 15) is 19.9 Å². The third kappa shape index (κ3) is 2.19. The molecule has 2 aliphatic rings. The van der Waals surface area contributed by atoms with Gasteiger partial charge < -0.3 is 25.1 Å². The fourth-order valence-electron chi connectivity index (χ4n) is 2.98. The van der Waals surface area contributed by atoms with Crippen LogP contribution in [0.5, 0.6) is 5.88 Å². The van der Waals surface area contributed by atoms with Crippen molar-refractivity contribution in [3.8, 4) is 5.88 Å². The summed E-state index contributed by atoms with van der Waals surface area (Å²) in [5, 5.41) is 24.4. The predicted octanol–water partition coefficient (Wildman–Crippen LogP) is 0.185. The number of allylic oxidation sites excluding steroid dienone is 1. The molecule has 120 valence electrons. The Hall–Kier alpha value is -3.03. The van der Waals surface area contributed by atoms with Crippen molar-refractivity contribution in [2.45, 2.75) is 12.8 Å². The first kappa shape index (κ1) is 14.9. The van der Waals surface area contributed by atoms with Gasteiger partial charge in [0, 0.05) is 11.8 Å². The van der Waals surface area contributed by atoms with Crippen molar-refractivity contribution in [1.82, 2.24) is 5.32 Å². The second-order valence-electron chi connectivity index (χ2n) is 5.17. The number of aliphatic carboxylic acids is 1. The quantitative estimate of drug-likeness (QED) is 0.464. The lowest BCUT2D eigenvalue weighted by Crippen LogP contribution is -2.33. The molecule has 3 rings (SSSR count). The molecule has 1 aromatic heterocycles. The molecule has 0 saturated carbocycles. The first-order chi connectivity index (χ1) is 11.0. The maximum Gasteiger partial charge on any atom is 0.383 e. The van der Waals surface area contributed by atoms with Crippen LogP contribution in [-0.2, 0) is 14.3 Å². The van der Waals surface area contributed by atoms with E-state index in [1.165, 1.54) is 19.4 Å². The molecular weight excluding hydrogens is 304 g/mol. The molecule has 0 spiro atoms. The average molecular weight is 318 g/mol. The third-order valence-electron chi connectivity index (χ3n) is 3.89. The number of ether oxygens (including phenoxy) is 2. The number of rotatable bonds is 3. The van der Waals surface area contributed by atoms with E-state index in [-0.39, 0.29) is 23.6 Å². The molecule has 0 saturated heterocycles. The monoisotopic (exact) mass is 318 g/mol. The molecule has 0 bridgehead atoms. The van der Waals surface area contributed by atoms with Gasteiger partial charge >= 0.3 is 17.8 Å².